The zero-order chi connectivity index (χ0) is 16.1. The second kappa shape index (κ2) is 6.84. The van der Waals surface area contributed by atoms with E-state index in [4.69, 9.17) is 15.2 Å². The number of guanidine groups is 1. The standard InChI is InChI=1S/C15H21N5O2/c1-10-11(9-18-20(10)2)8-17-15(16)19-13-7-12(21-3)5-6-14(13)22-4/h5-7,9H,8H2,1-4H3,(H3,16,17,19). The highest BCUT2D eigenvalue weighted by Crippen LogP contribution is 2.28. The zero-order valence-electron chi connectivity index (χ0n) is 13.3. The fraction of sp³-hybridized carbons (Fsp3) is 0.333. The van der Waals surface area contributed by atoms with Gasteiger partial charge in [-0.05, 0) is 19.1 Å². The van der Waals surface area contributed by atoms with Crippen LogP contribution in [0.2, 0.25) is 0 Å². The number of nitrogens with one attached hydrogen (secondary N) is 1. The van der Waals surface area contributed by atoms with Crippen molar-refractivity contribution >= 4 is 11.6 Å². The topological polar surface area (TPSA) is 86.7 Å². The van der Waals surface area contributed by atoms with Gasteiger partial charge in [-0.2, -0.15) is 5.10 Å². The number of aryl methyl sites for hydroxylation is 1. The molecule has 0 aliphatic heterocycles. The second-order valence-electron chi connectivity index (χ2n) is 4.77. The number of rotatable bonds is 5. The molecule has 7 heteroatoms. The Morgan fingerprint density at radius 1 is 1.36 bits per heavy atom. The number of anilines is 1. The summed E-state index contributed by atoms with van der Waals surface area (Å²) in [5.41, 5.74) is 8.74. The summed E-state index contributed by atoms with van der Waals surface area (Å²) >= 11 is 0. The van der Waals surface area contributed by atoms with E-state index in [0.29, 0.717) is 29.7 Å². The maximum atomic E-state index is 5.94. The molecule has 0 saturated carbocycles. The van der Waals surface area contributed by atoms with Crippen LogP contribution in [0.3, 0.4) is 0 Å². The third-order valence-corrected chi connectivity index (χ3v) is 3.43. The molecular weight excluding hydrogens is 282 g/mol. The van der Waals surface area contributed by atoms with Crippen LogP contribution in [0.1, 0.15) is 11.3 Å². The van der Waals surface area contributed by atoms with Gasteiger partial charge in [-0.3, -0.25) is 4.68 Å². The van der Waals surface area contributed by atoms with E-state index in [9.17, 15) is 0 Å². The summed E-state index contributed by atoms with van der Waals surface area (Å²) in [5, 5.41) is 7.21. The maximum Gasteiger partial charge on any atom is 0.193 e. The lowest BCUT2D eigenvalue weighted by molar-refractivity contribution is 0.405. The number of methoxy groups -OCH3 is 2. The Bertz CT molecular complexity index is 679. The molecule has 0 amide bonds. The van der Waals surface area contributed by atoms with Gasteiger partial charge in [0, 0.05) is 24.4 Å². The summed E-state index contributed by atoms with van der Waals surface area (Å²) < 4.78 is 12.3. The van der Waals surface area contributed by atoms with E-state index < -0.39 is 0 Å². The molecule has 2 aromatic rings. The Balaban J connectivity index is 2.12. The SMILES string of the molecule is COc1ccc(OC)c(NC(N)=NCc2cnn(C)c2C)c1. The number of ether oxygens (including phenoxy) is 2. The molecule has 0 fully saturated rings. The van der Waals surface area contributed by atoms with Crippen LogP contribution in [-0.4, -0.2) is 30.0 Å². The van der Waals surface area contributed by atoms with Crippen LogP contribution < -0.4 is 20.5 Å². The first kappa shape index (κ1) is 15.7. The minimum absolute atomic E-state index is 0.301. The van der Waals surface area contributed by atoms with Gasteiger partial charge in [0.2, 0.25) is 0 Å². The minimum Gasteiger partial charge on any atom is -0.497 e. The Labute approximate surface area is 129 Å². The van der Waals surface area contributed by atoms with Crippen molar-refractivity contribution in [2.24, 2.45) is 17.8 Å². The highest BCUT2D eigenvalue weighted by Gasteiger charge is 2.07. The molecule has 1 aromatic heterocycles. The Hall–Kier alpha value is -2.70. The summed E-state index contributed by atoms with van der Waals surface area (Å²) in [6, 6.07) is 5.42. The van der Waals surface area contributed by atoms with Crippen LogP contribution in [0.4, 0.5) is 5.69 Å². The highest BCUT2D eigenvalue weighted by molar-refractivity contribution is 5.94. The average molecular weight is 303 g/mol. The quantitative estimate of drug-likeness (QED) is 0.648. The molecular formula is C15H21N5O2. The molecule has 7 nitrogen and oxygen atoms in total. The Morgan fingerprint density at radius 2 is 2.14 bits per heavy atom. The van der Waals surface area contributed by atoms with Gasteiger partial charge < -0.3 is 20.5 Å². The predicted octanol–water partition coefficient (Wildman–Crippen LogP) is 1.67. The molecule has 3 N–H and O–H groups in total. The van der Waals surface area contributed by atoms with Gasteiger partial charge in [0.15, 0.2) is 5.96 Å². The number of nitrogens with zero attached hydrogens (tertiary/aromatic N) is 3. The first-order valence-electron chi connectivity index (χ1n) is 6.81. The predicted molar refractivity (Wildman–Crippen MR) is 86.4 cm³/mol. The molecule has 1 aromatic carbocycles. The van der Waals surface area contributed by atoms with Gasteiger partial charge >= 0.3 is 0 Å². The molecule has 1 heterocycles. The van der Waals surface area contributed by atoms with Gasteiger partial charge in [0.1, 0.15) is 11.5 Å². The Kier molecular flexibility index (Phi) is 4.88. The normalized spacial score (nSPS) is 11.4. The summed E-state index contributed by atoms with van der Waals surface area (Å²) in [6.45, 7) is 2.46. The van der Waals surface area contributed by atoms with Gasteiger partial charge in [-0.15, -0.1) is 0 Å². The smallest absolute Gasteiger partial charge is 0.193 e. The second-order valence-corrected chi connectivity index (χ2v) is 4.77. The van der Waals surface area contributed by atoms with Gasteiger partial charge in [0.25, 0.3) is 0 Å². The largest absolute Gasteiger partial charge is 0.497 e. The Morgan fingerprint density at radius 3 is 2.73 bits per heavy atom. The van der Waals surface area contributed by atoms with Crippen LogP contribution in [0.5, 0.6) is 11.5 Å². The number of aromatic nitrogens is 2. The van der Waals surface area contributed by atoms with Crippen molar-refractivity contribution in [2.45, 2.75) is 13.5 Å². The molecule has 0 saturated heterocycles. The van der Waals surface area contributed by atoms with Crippen molar-refractivity contribution in [2.75, 3.05) is 19.5 Å². The zero-order valence-corrected chi connectivity index (χ0v) is 13.3. The van der Waals surface area contributed by atoms with Crippen LogP contribution in [-0.2, 0) is 13.6 Å². The monoisotopic (exact) mass is 303 g/mol. The number of hydrogen-bond donors (Lipinski definition) is 2. The van der Waals surface area contributed by atoms with Crippen LogP contribution in [0.15, 0.2) is 29.4 Å². The molecule has 0 unspecified atom stereocenters. The van der Waals surface area contributed by atoms with E-state index in [0.717, 1.165) is 11.3 Å². The van der Waals surface area contributed by atoms with Crippen molar-refractivity contribution in [1.29, 1.82) is 0 Å². The lowest BCUT2D eigenvalue weighted by Gasteiger charge is -2.12. The van der Waals surface area contributed by atoms with E-state index in [2.05, 4.69) is 15.4 Å². The number of aliphatic imine (C=N–C) groups is 1. The molecule has 0 spiro atoms. The highest BCUT2D eigenvalue weighted by atomic mass is 16.5. The van der Waals surface area contributed by atoms with E-state index in [1.807, 2.05) is 20.0 Å². The first-order chi connectivity index (χ1) is 10.5. The third-order valence-electron chi connectivity index (χ3n) is 3.43. The molecule has 118 valence electrons. The van der Waals surface area contributed by atoms with E-state index in [-0.39, 0.29) is 0 Å². The van der Waals surface area contributed by atoms with Crippen molar-refractivity contribution in [3.8, 4) is 11.5 Å². The number of benzene rings is 1. The first-order valence-corrected chi connectivity index (χ1v) is 6.81. The van der Waals surface area contributed by atoms with Gasteiger partial charge in [-0.25, -0.2) is 4.99 Å². The third kappa shape index (κ3) is 3.49. The van der Waals surface area contributed by atoms with E-state index in [1.165, 1.54) is 0 Å². The summed E-state index contributed by atoms with van der Waals surface area (Å²) in [7, 11) is 5.10. The molecule has 0 aliphatic carbocycles. The maximum absolute atomic E-state index is 5.94. The fourth-order valence-electron chi connectivity index (χ4n) is 1.96. The summed E-state index contributed by atoms with van der Waals surface area (Å²) in [5.74, 6) is 1.67. The summed E-state index contributed by atoms with van der Waals surface area (Å²) in [6.07, 6.45) is 1.79. The average Bonchev–Trinajstić information content (AvgIpc) is 2.84. The number of nitrogens with two attached hydrogens (primary N) is 1. The van der Waals surface area contributed by atoms with Crippen LogP contribution >= 0.6 is 0 Å². The van der Waals surface area contributed by atoms with E-state index in [1.54, 1.807) is 37.2 Å². The summed E-state index contributed by atoms with van der Waals surface area (Å²) in [4.78, 5) is 4.33. The molecule has 2 rings (SSSR count). The number of hydrogen-bond acceptors (Lipinski definition) is 4. The molecule has 0 radical (unpaired) electrons. The molecule has 22 heavy (non-hydrogen) atoms. The lowest BCUT2D eigenvalue weighted by atomic mass is 10.2. The van der Waals surface area contributed by atoms with Crippen molar-refractivity contribution in [3.05, 3.63) is 35.7 Å². The van der Waals surface area contributed by atoms with Crippen LogP contribution in [0, 0.1) is 6.92 Å². The molecule has 0 aliphatic rings. The van der Waals surface area contributed by atoms with Crippen molar-refractivity contribution in [1.82, 2.24) is 9.78 Å². The fourth-order valence-corrected chi connectivity index (χ4v) is 1.96. The van der Waals surface area contributed by atoms with Gasteiger partial charge in [0.05, 0.1) is 32.6 Å². The van der Waals surface area contributed by atoms with Crippen molar-refractivity contribution in [3.63, 3.8) is 0 Å². The lowest BCUT2D eigenvalue weighted by Crippen LogP contribution is -2.23. The van der Waals surface area contributed by atoms with E-state index >= 15 is 0 Å². The molecule has 0 bridgehead atoms. The minimum atomic E-state index is 0.301. The van der Waals surface area contributed by atoms with Gasteiger partial charge in [-0.1, -0.05) is 0 Å². The van der Waals surface area contributed by atoms with Crippen LogP contribution in [0.25, 0.3) is 0 Å². The molecule has 0 atom stereocenters. The van der Waals surface area contributed by atoms with Crippen molar-refractivity contribution < 1.29 is 9.47 Å².